The van der Waals surface area contributed by atoms with Crippen molar-refractivity contribution in [2.24, 2.45) is 0 Å². The molecule has 0 atom stereocenters. The van der Waals surface area contributed by atoms with Gasteiger partial charge in [-0.15, -0.1) is 0 Å². The topological polar surface area (TPSA) is 75.6 Å². The standard InChI is InChI=1S/C19H25NO4/c21-17(20-19(13-18(22)23)7-9-24-10-8-19)12-14-5-6-15-3-1-2-4-16(15)11-14/h5-6,11H,1-4,7-10,12-13H2,(H,20,21)(H,22,23). The summed E-state index contributed by atoms with van der Waals surface area (Å²) >= 11 is 0. The number of aliphatic carboxylic acids is 1. The van der Waals surface area contributed by atoms with E-state index in [1.54, 1.807) is 0 Å². The van der Waals surface area contributed by atoms with E-state index >= 15 is 0 Å². The Labute approximate surface area is 142 Å². The normalized spacial score (nSPS) is 19.3. The van der Waals surface area contributed by atoms with E-state index in [2.05, 4.69) is 17.4 Å². The van der Waals surface area contributed by atoms with Gasteiger partial charge in [0.15, 0.2) is 0 Å². The summed E-state index contributed by atoms with van der Waals surface area (Å²) in [5, 5.41) is 12.2. The van der Waals surface area contributed by atoms with E-state index in [4.69, 9.17) is 4.74 Å². The number of hydrogen-bond acceptors (Lipinski definition) is 3. The second-order valence-corrected chi connectivity index (χ2v) is 7.00. The Bertz CT molecular complexity index is 620. The van der Waals surface area contributed by atoms with Crippen LogP contribution in [0.25, 0.3) is 0 Å². The molecule has 130 valence electrons. The maximum atomic E-state index is 12.5. The van der Waals surface area contributed by atoms with Gasteiger partial charge in [-0.1, -0.05) is 18.2 Å². The summed E-state index contributed by atoms with van der Waals surface area (Å²) in [4.78, 5) is 23.7. The first-order valence-corrected chi connectivity index (χ1v) is 8.78. The molecule has 1 fully saturated rings. The van der Waals surface area contributed by atoms with Crippen molar-refractivity contribution in [3.8, 4) is 0 Å². The zero-order valence-corrected chi connectivity index (χ0v) is 14.0. The Kier molecular flexibility index (Phi) is 5.19. The molecule has 0 bridgehead atoms. The van der Waals surface area contributed by atoms with Crippen LogP contribution in [0.2, 0.25) is 0 Å². The highest BCUT2D eigenvalue weighted by molar-refractivity contribution is 5.80. The van der Waals surface area contributed by atoms with Gasteiger partial charge >= 0.3 is 5.97 Å². The summed E-state index contributed by atoms with van der Waals surface area (Å²) in [6.45, 7) is 0.985. The quantitative estimate of drug-likeness (QED) is 0.868. The van der Waals surface area contributed by atoms with Gasteiger partial charge in [-0.2, -0.15) is 0 Å². The van der Waals surface area contributed by atoms with Gasteiger partial charge in [0, 0.05) is 13.2 Å². The average Bonchev–Trinajstić information content (AvgIpc) is 2.54. The van der Waals surface area contributed by atoms with Crippen LogP contribution < -0.4 is 5.32 Å². The summed E-state index contributed by atoms with van der Waals surface area (Å²) in [6, 6.07) is 6.30. The highest BCUT2D eigenvalue weighted by Gasteiger charge is 2.36. The first-order chi connectivity index (χ1) is 11.6. The molecule has 5 nitrogen and oxygen atoms in total. The van der Waals surface area contributed by atoms with Crippen molar-refractivity contribution < 1.29 is 19.4 Å². The highest BCUT2D eigenvalue weighted by Crippen LogP contribution is 2.26. The second-order valence-electron chi connectivity index (χ2n) is 7.00. The maximum absolute atomic E-state index is 12.5. The number of benzene rings is 1. The van der Waals surface area contributed by atoms with E-state index in [0.29, 0.717) is 32.5 Å². The van der Waals surface area contributed by atoms with Crippen LogP contribution in [0, 0.1) is 0 Å². The van der Waals surface area contributed by atoms with Crippen molar-refractivity contribution in [1.29, 1.82) is 0 Å². The molecule has 0 aromatic heterocycles. The van der Waals surface area contributed by atoms with E-state index < -0.39 is 11.5 Å². The van der Waals surface area contributed by atoms with Gasteiger partial charge in [0.2, 0.25) is 5.91 Å². The minimum atomic E-state index is -0.883. The Morgan fingerprint density at radius 3 is 2.54 bits per heavy atom. The number of carboxylic acids is 1. The first kappa shape index (κ1) is 17.0. The molecule has 2 aliphatic rings. The number of ether oxygens (including phenoxy) is 1. The summed E-state index contributed by atoms with van der Waals surface area (Å²) in [5.74, 6) is -0.986. The summed E-state index contributed by atoms with van der Waals surface area (Å²) in [6.07, 6.45) is 6.03. The van der Waals surface area contributed by atoms with Gasteiger partial charge in [-0.25, -0.2) is 0 Å². The molecule has 5 heteroatoms. The predicted octanol–water partition coefficient (Wildman–Crippen LogP) is 2.25. The van der Waals surface area contributed by atoms with Gasteiger partial charge in [0.05, 0.1) is 18.4 Å². The third-order valence-corrected chi connectivity index (χ3v) is 5.12. The van der Waals surface area contributed by atoms with Crippen molar-refractivity contribution in [3.63, 3.8) is 0 Å². The first-order valence-electron chi connectivity index (χ1n) is 8.78. The molecule has 0 unspecified atom stereocenters. The SMILES string of the molecule is O=C(O)CC1(NC(=O)Cc2ccc3c(c2)CCCC3)CCOCC1. The molecule has 1 amide bonds. The van der Waals surface area contributed by atoms with Crippen LogP contribution in [0.15, 0.2) is 18.2 Å². The number of carbonyl (C=O) groups is 2. The Hall–Kier alpha value is -1.88. The number of carboxylic acid groups (broad SMARTS) is 1. The molecule has 2 N–H and O–H groups in total. The van der Waals surface area contributed by atoms with Gasteiger partial charge < -0.3 is 15.2 Å². The molecule has 0 spiro atoms. The minimum absolute atomic E-state index is 0.0493. The second kappa shape index (κ2) is 7.34. The molecule has 1 heterocycles. The van der Waals surface area contributed by atoms with Crippen LogP contribution in [0.5, 0.6) is 0 Å². The molecule has 1 aliphatic carbocycles. The van der Waals surface area contributed by atoms with Gasteiger partial charge in [0.1, 0.15) is 0 Å². The van der Waals surface area contributed by atoms with Crippen LogP contribution in [-0.2, 0) is 33.6 Å². The van der Waals surface area contributed by atoms with E-state index in [1.807, 2.05) is 6.07 Å². The van der Waals surface area contributed by atoms with Crippen LogP contribution in [0.3, 0.4) is 0 Å². The molecule has 24 heavy (non-hydrogen) atoms. The molecular formula is C19H25NO4. The summed E-state index contributed by atoms with van der Waals surface area (Å²) in [5.41, 5.74) is 3.09. The van der Waals surface area contributed by atoms with Crippen molar-refractivity contribution in [2.45, 2.75) is 56.9 Å². The fourth-order valence-electron chi connectivity index (χ4n) is 3.82. The molecule has 0 radical (unpaired) electrons. The third-order valence-electron chi connectivity index (χ3n) is 5.12. The Morgan fingerprint density at radius 2 is 1.83 bits per heavy atom. The number of amides is 1. The average molecular weight is 331 g/mol. The summed E-state index contributed by atoms with van der Waals surface area (Å²) in [7, 11) is 0. The lowest BCUT2D eigenvalue weighted by atomic mass is 9.86. The van der Waals surface area contributed by atoms with Crippen molar-refractivity contribution >= 4 is 11.9 Å². The van der Waals surface area contributed by atoms with Gasteiger partial charge in [-0.05, 0) is 55.2 Å². The lowest BCUT2D eigenvalue weighted by Crippen LogP contribution is -2.53. The number of aryl methyl sites for hydroxylation is 2. The van der Waals surface area contributed by atoms with Crippen LogP contribution in [-0.4, -0.2) is 35.7 Å². The molecule has 1 saturated heterocycles. The largest absolute Gasteiger partial charge is 0.481 e. The monoisotopic (exact) mass is 331 g/mol. The molecule has 3 rings (SSSR count). The zero-order chi connectivity index (χ0) is 17.0. The summed E-state index contributed by atoms with van der Waals surface area (Å²) < 4.78 is 5.32. The molecule has 0 saturated carbocycles. The lowest BCUT2D eigenvalue weighted by molar-refractivity contribution is -0.140. The smallest absolute Gasteiger partial charge is 0.305 e. The van der Waals surface area contributed by atoms with Crippen molar-refractivity contribution in [2.75, 3.05) is 13.2 Å². The lowest BCUT2D eigenvalue weighted by Gasteiger charge is -2.36. The van der Waals surface area contributed by atoms with E-state index in [9.17, 15) is 14.7 Å². The number of nitrogens with one attached hydrogen (secondary N) is 1. The van der Waals surface area contributed by atoms with Crippen LogP contribution in [0.4, 0.5) is 0 Å². The van der Waals surface area contributed by atoms with Crippen molar-refractivity contribution in [1.82, 2.24) is 5.32 Å². The van der Waals surface area contributed by atoms with Gasteiger partial charge in [-0.3, -0.25) is 9.59 Å². The number of carbonyl (C=O) groups excluding carboxylic acids is 1. The Morgan fingerprint density at radius 1 is 1.12 bits per heavy atom. The molecule has 1 aromatic rings. The molecular weight excluding hydrogens is 306 g/mol. The minimum Gasteiger partial charge on any atom is -0.481 e. The van der Waals surface area contributed by atoms with E-state index in [-0.39, 0.29) is 12.3 Å². The highest BCUT2D eigenvalue weighted by atomic mass is 16.5. The van der Waals surface area contributed by atoms with E-state index in [0.717, 1.165) is 18.4 Å². The van der Waals surface area contributed by atoms with Gasteiger partial charge in [0.25, 0.3) is 0 Å². The maximum Gasteiger partial charge on any atom is 0.305 e. The van der Waals surface area contributed by atoms with E-state index in [1.165, 1.54) is 24.0 Å². The predicted molar refractivity (Wildman–Crippen MR) is 90.0 cm³/mol. The van der Waals surface area contributed by atoms with Crippen molar-refractivity contribution in [3.05, 3.63) is 34.9 Å². The molecule has 1 aromatic carbocycles. The number of rotatable bonds is 5. The van der Waals surface area contributed by atoms with Crippen LogP contribution in [0.1, 0.15) is 48.8 Å². The third kappa shape index (κ3) is 4.15. The Balaban J connectivity index is 1.66. The molecule has 1 aliphatic heterocycles. The van der Waals surface area contributed by atoms with Crippen LogP contribution >= 0.6 is 0 Å². The fraction of sp³-hybridized carbons (Fsp3) is 0.579. The number of fused-ring (bicyclic) bond motifs is 1. The number of hydrogen-bond donors (Lipinski definition) is 2. The zero-order valence-electron chi connectivity index (χ0n) is 14.0. The fourth-order valence-corrected chi connectivity index (χ4v) is 3.82.